The fourth-order valence-electron chi connectivity index (χ4n) is 1.54. The maximum absolute atomic E-state index is 10.8. The van der Waals surface area contributed by atoms with Gasteiger partial charge < -0.3 is 15.9 Å². The van der Waals surface area contributed by atoms with Crippen LogP contribution in [0.5, 0.6) is 0 Å². The number of carboxylic acids is 1. The van der Waals surface area contributed by atoms with Gasteiger partial charge in [-0.05, 0) is 24.5 Å². The number of hydrogen-bond acceptors (Lipinski definition) is 5. The van der Waals surface area contributed by atoms with Crippen molar-refractivity contribution in [3.63, 3.8) is 0 Å². The zero-order chi connectivity index (χ0) is 14.4. The first kappa shape index (κ1) is 15.3. The Kier molecular flexibility index (Phi) is 5.62. The van der Waals surface area contributed by atoms with Crippen molar-refractivity contribution in [3.8, 4) is 0 Å². The second-order valence-electron chi connectivity index (χ2n) is 4.38. The molecule has 0 saturated heterocycles. The second-order valence-corrected chi connectivity index (χ2v) is 4.38. The summed E-state index contributed by atoms with van der Waals surface area (Å²) < 4.78 is 0. The molecule has 0 bridgehead atoms. The number of hydrogen-bond donors (Lipinski definition) is 4. The molecule has 0 aromatic heterocycles. The average molecular weight is 266 g/mol. The number of carboxylic acid groups (broad SMARTS) is 1. The van der Waals surface area contributed by atoms with E-state index in [1.54, 1.807) is 24.3 Å². The van der Waals surface area contributed by atoms with Gasteiger partial charge in [0.2, 0.25) is 0 Å². The van der Waals surface area contributed by atoms with Crippen LogP contribution < -0.4 is 11.1 Å². The summed E-state index contributed by atoms with van der Waals surface area (Å²) in [5, 5.41) is 21.1. The Bertz CT molecular complexity index is 444. The van der Waals surface area contributed by atoms with E-state index in [1.165, 1.54) is 6.92 Å². The van der Waals surface area contributed by atoms with Gasteiger partial charge in [0.25, 0.3) is 0 Å². The SMILES string of the molecule is CC(=O)CNC(O)c1ccc(CC(N)C(=O)O)cc1. The lowest BCUT2D eigenvalue weighted by Gasteiger charge is -2.13. The van der Waals surface area contributed by atoms with Crippen LogP contribution in [-0.4, -0.2) is 34.6 Å². The van der Waals surface area contributed by atoms with E-state index in [4.69, 9.17) is 10.8 Å². The van der Waals surface area contributed by atoms with Crippen LogP contribution in [0.25, 0.3) is 0 Å². The summed E-state index contributed by atoms with van der Waals surface area (Å²) in [7, 11) is 0. The number of Topliss-reactive ketones (excluding diaryl/α,β-unsaturated/α-hetero) is 1. The highest BCUT2D eigenvalue weighted by atomic mass is 16.4. The van der Waals surface area contributed by atoms with Crippen molar-refractivity contribution in [2.45, 2.75) is 25.6 Å². The Morgan fingerprint density at radius 2 is 1.89 bits per heavy atom. The second kappa shape index (κ2) is 6.98. The third kappa shape index (κ3) is 5.17. The summed E-state index contributed by atoms with van der Waals surface area (Å²) in [5.74, 6) is -1.12. The van der Waals surface area contributed by atoms with E-state index >= 15 is 0 Å². The van der Waals surface area contributed by atoms with Crippen molar-refractivity contribution in [2.75, 3.05) is 6.54 Å². The molecule has 0 aliphatic rings. The van der Waals surface area contributed by atoms with Crippen LogP contribution in [0.15, 0.2) is 24.3 Å². The number of benzene rings is 1. The first-order chi connectivity index (χ1) is 8.90. The average Bonchev–Trinajstić information content (AvgIpc) is 2.36. The molecule has 6 nitrogen and oxygen atoms in total. The molecular weight excluding hydrogens is 248 g/mol. The Balaban J connectivity index is 2.60. The minimum Gasteiger partial charge on any atom is -0.480 e. The maximum atomic E-state index is 10.8. The van der Waals surface area contributed by atoms with Crippen LogP contribution in [0.3, 0.4) is 0 Å². The van der Waals surface area contributed by atoms with Crippen molar-refractivity contribution in [1.29, 1.82) is 0 Å². The molecule has 19 heavy (non-hydrogen) atoms. The number of rotatable bonds is 7. The first-order valence-corrected chi connectivity index (χ1v) is 5.88. The predicted octanol–water partition coefficient (Wildman–Crippen LogP) is -0.189. The Morgan fingerprint density at radius 1 is 1.32 bits per heavy atom. The summed E-state index contributed by atoms with van der Waals surface area (Å²) in [6, 6.07) is 5.81. The molecule has 2 unspecified atom stereocenters. The highest BCUT2D eigenvalue weighted by Gasteiger charge is 2.13. The van der Waals surface area contributed by atoms with E-state index in [2.05, 4.69) is 5.32 Å². The molecule has 0 fully saturated rings. The van der Waals surface area contributed by atoms with Crippen LogP contribution in [0.2, 0.25) is 0 Å². The molecule has 0 aliphatic heterocycles. The molecular formula is C13H18N2O4. The van der Waals surface area contributed by atoms with Crippen molar-refractivity contribution < 1.29 is 19.8 Å². The molecule has 0 spiro atoms. The first-order valence-electron chi connectivity index (χ1n) is 5.88. The highest BCUT2D eigenvalue weighted by molar-refractivity contribution is 5.77. The fraction of sp³-hybridized carbons (Fsp3) is 0.385. The zero-order valence-electron chi connectivity index (χ0n) is 10.7. The lowest BCUT2D eigenvalue weighted by molar-refractivity contribution is -0.138. The number of carbonyl (C=O) groups is 2. The summed E-state index contributed by atoms with van der Waals surface area (Å²) in [5.41, 5.74) is 6.81. The lowest BCUT2D eigenvalue weighted by atomic mass is 10.0. The van der Waals surface area contributed by atoms with Gasteiger partial charge in [-0.1, -0.05) is 24.3 Å². The molecule has 5 N–H and O–H groups in total. The summed E-state index contributed by atoms with van der Waals surface area (Å²) >= 11 is 0. The van der Waals surface area contributed by atoms with Crippen LogP contribution in [0.4, 0.5) is 0 Å². The summed E-state index contributed by atoms with van der Waals surface area (Å²) in [6.45, 7) is 1.52. The zero-order valence-corrected chi connectivity index (χ0v) is 10.7. The molecule has 0 amide bonds. The normalized spacial score (nSPS) is 13.8. The number of aliphatic hydroxyl groups is 1. The third-order valence-corrected chi connectivity index (χ3v) is 2.61. The lowest BCUT2D eigenvalue weighted by Crippen LogP contribution is -2.32. The maximum Gasteiger partial charge on any atom is 0.320 e. The smallest absolute Gasteiger partial charge is 0.320 e. The minimum atomic E-state index is -1.05. The van der Waals surface area contributed by atoms with Crippen molar-refractivity contribution in [2.24, 2.45) is 5.73 Å². The van der Waals surface area contributed by atoms with E-state index in [0.717, 1.165) is 5.56 Å². The molecule has 0 saturated carbocycles. The van der Waals surface area contributed by atoms with Gasteiger partial charge in [0.05, 0.1) is 6.54 Å². The quantitative estimate of drug-likeness (QED) is 0.509. The largest absolute Gasteiger partial charge is 0.480 e. The van der Waals surface area contributed by atoms with Crippen LogP contribution in [0.1, 0.15) is 24.3 Å². The van der Waals surface area contributed by atoms with E-state index < -0.39 is 18.2 Å². The van der Waals surface area contributed by atoms with Gasteiger partial charge in [-0.15, -0.1) is 0 Å². The van der Waals surface area contributed by atoms with Crippen LogP contribution in [-0.2, 0) is 16.0 Å². The van der Waals surface area contributed by atoms with Crippen LogP contribution in [0, 0.1) is 0 Å². The number of aliphatic hydroxyl groups excluding tert-OH is 1. The van der Waals surface area contributed by atoms with Gasteiger partial charge in [-0.2, -0.15) is 0 Å². The monoisotopic (exact) mass is 266 g/mol. The van der Waals surface area contributed by atoms with Crippen LogP contribution >= 0.6 is 0 Å². The third-order valence-electron chi connectivity index (χ3n) is 2.61. The molecule has 6 heteroatoms. The van der Waals surface area contributed by atoms with E-state index in [1.807, 2.05) is 0 Å². The molecule has 0 radical (unpaired) electrons. The van der Waals surface area contributed by atoms with E-state index in [-0.39, 0.29) is 18.7 Å². The summed E-state index contributed by atoms with van der Waals surface area (Å²) in [4.78, 5) is 21.4. The van der Waals surface area contributed by atoms with Gasteiger partial charge in [0.1, 0.15) is 18.1 Å². The molecule has 1 aromatic carbocycles. The van der Waals surface area contributed by atoms with Crippen molar-refractivity contribution >= 4 is 11.8 Å². The van der Waals surface area contributed by atoms with E-state index in [0.29, 0.717) is 5.56 Å². The Morgan fingerprint density at radius 3 is 2.37 bits per heavy atom. The van der Waals surface area contributed by atoms with Gasteiger partial charge in [0, 0.05) is 0 Å². The number of nitrogens with two attached hydrogens (primary N) is 1. The molecule has 2 atom stereocenters. The van der Waals surface area contributed by atoms with Crippen molar-refractivity contribution in [3.05, 3.63) is 35.4 Å². The highest BCUT2D eigenvalue weighted by Crippen LogP contribution is 2.12. The van der Waals surface area contributed by atoms with E-state index in [9.17, 15) is 14.7 Å². The van der Waals surface area contributed by atoms with Crippen molar-refractivity contribution in [1.82, 2.24) is 5.32 Å². The fourth-order valence-corrected chi connectivity index (χ4v) is 1.54. The molecule has 0 aliphatic carbocycles. The topological polar surface area (TPSA) is 113 Å². The minimum absolute atomic E-state index is 0.0666. The Labute approximate surface area is 111 Å². The standard InChI is InChI=1S/C13H18N2O4/c1-8(16)7-15-12(17)10-4-2-9(3-5-10)6-11(14)13(18)19/h2-5,11-12,15,17H,6-7,14H2,1H3,(H,18,19). The number of carbonyl (C=O) groups excluding carboxylic acids is 1. The molecule has 104 valence electrons. The molecule has 1 aromatic rings. The number of nitrogens with one attached hydrogen (secondary N) is 1. The number of ketones is 1. The summed E-state index contributed by atoms with van der Waals surface area (Å²) in [6.07, 6.45) is -0.696. The predicted molar refractivity (Wildman–Crippen MR) is 69.4 cm³/mol. The van der Waals surface area contributed by atoms with Gasteiger partial charge in [0.15, 0.2) is 0 Å². The number of aliphatic carboxylic acids is 1. The van der Waals surface area contributed by atoms with Gasteiger partial charge in [-0.25, -0.2) is 0 Å². The molecule has 0 heterocycles. The molecule has 1 rings (SSSR count). The Hall–Kier alpha value is -1.76. The van der Waals surface area contributed by atoms with Gasteiger partial charge in [-0.3, -0.25) is 14.9 Å². The van der Waals surface area contributed by atoms with Gasteiger partial charge >= 0.3 is 5.97 Å².